The Kier molecular flexibility index (Phi) is 5.24. The van der Waals surface area contributed by atoms with Crippen LogP contribution in [0.2, 0.25) is 0 Å². The van der Waals surface area contributed by atoms with E-state index in [4.69, 9.17) is 0 Å². The van der Waals surface area contributed by atoms with Crippen LogP contribution in [-0.2, 0) is 11.3 Å². The molecule has 4 heteroatoms. The van der Waals surface area contributed by atoms with Gasteiger partial charge in [0.25, 0.3) is 0 Å². The first-order valence-electron chi connectivity index (χ1n) is 7.72. The van der Waals surface area contributed by atoms with Crippen molar-refractivity contribution < 1.29 is 4.79 Å². The third kappa shape index (κ3) is 3.63. The van der Waals surface area contributed by atoms with Gasteiger partial charge in [0, 0.05) is 31.5 Å². The molecule has 1 aromatic heterocycles. The van der Waals surface area contributed by atoms with E-state index in [1.165, 1.54) is 12.0 Å². The zero-order valence-corrected chi connectivity index (χ0v) is 12.9. The van der Waals surface area contributed by atoms with Crippen LogP contribution in [0.4, 0.5) is 0 Å². The quantitative estimate of drug-likeness (QED) is 0.897. The minimum atomic E-state index is 0.248. The second kappa shape index (κ2) is 6.93. The van der Waals surface area contributed by atoms with E-state index >= 15 is 0 Å². The monoisotopic (exact) mass is 277 g/mol. The van der Waals surface area contributed by atoms with Crippen molar-refractivity contribution in [1.29, 1.82) is 0 Å². The van der Waals surface area contributed by atoms with Crippen LogP contribution in [0.5, 0.6) is 0 Å². The maximum atomic E-state index is 12.2. The summed E-state index contributed by atoms with van der Waals surface area (Å²) in [6.45, 7) is 6.74. The molecule has 0 bridgehead atoms. The Morgan fingerprint density at radius 2 is 2.00 bits per heavy atom. The molecular weight excluding hydrogens is 250 g/mol. The molecule has 20 heavy (non-hydrogen) atoms. The van der Waals surface area contributed by atoms with E-state index in [-0.39, 0.29) is 5.91 Å². The largest absolute Gasteiger partial charge is 0.345 e. The predicted molar refractivity (Wildman–Crippen MR) is 81.5 cm³/mol. The standard InChI is InChI=1S/C16H27N3O/c1-13(2)16(17-3)14-7-10-18(11-14)12-15(20)19-8-5-4-6-9-19/h7,10-11,13,16-17H,4-6,8-9,12H2,1-3H3. The van der Waals surface area contributed by atoms with Gasteiger partial charge in [-0.25, -0.2) is 0 Å². The maximum absolute atomic E-state index is 12.2. The third-order valence-corrected chi connectivity index (χ3v) is 4.14. The summed E-state index contributed by atoms with van der Waals surface area (Å²) in [5.41, 5.74) is 1.26. The number of aromatic nitrogens is 1. The van der Waals surface area contributed by atoms with Crippen molar-refractivity contribution in [3.63, 3.8) is 0 Å². The molecule has 0 aliphatic carbocycles. The van der Waals surface area contributed by atoms with Gasteiger partial charge in [-0.1, -0.05) is 13.8 Å². The molecule has 1 fully saturated rings. The lowest BCUT2D eigenvalue weighted by Crippen LogP contribution is -2.37. The first-order valence-corrected chi connectivity index (χ1v) is 7.72. The molecule has 1 aromatic rings. The van der Waals surface area contributed by atoms with Crippen LogP contribution >= 0.6 is 0 Å². The zero-order valence-electron chi connectivity index (χ0n) is 12.9. The number of carbonyl (C=O) groups excluding carboxylic acids is 1. The molecule has 1 atom stereocenters. The Hall–Kier alpha value is -1.29. The number of nitrogens with zero attached hydrogens (tertiary/aromatic N) is 2. The Bertz CT molecular complexity index is 433. The predicted octanol–water partition coefficient (Wildman–Crippen LogP) is 2.42. The number of hydrogen-bond donors (Lipinski definition) is 1. The molecule has 112 valence electrons. The molecule has 1 amide bonds. The molecule has 0 radical (unpaired) electrons. The number of nitrogens with one attached hydrogen (secondary N) is 1. The van der Waals surface area contributed by atoms with Gasteiger partial charge >= 0.3 is 0 Å². The normalized spacial score (nSPS) is 17.5. The summed E-state index contributed by atoms with van der Waals surface area (Å²) < 4.78 is 2.01. The smallest absolute Gasteiger partial charge is 0.242 e. The molecule has 1 saturated heterocycles. The number of likely N-dealkylation sites (tertiary alicyclic amines) is 1. The summed E-state index contributed by atoms with van der Waals surface area (Å²) in [6.07, 6.45) is 7.68. The van der Waals surface area contributed by atoms with Crippen LogP contribution in [0.25, 0.3) is 0 Å². The molecule has 0 spiro atoms. The summed E-state index contributed by atoms with van der Waals surface area (Å²) >= 11 is 0. The van der Waals surface area contributed by atoms with Crippen LogP contribution in [0.3, 0.4) is 0 Å². The lowest BCUT2D eigenvalue weighted by Gasteiger charge is -2.26. The summed E-state index contributed by atoms with van der Waals surface area (Å²) in [7, 11) is 1.99. The average Bonchev–Trinajstić information content (AvgIpc) is 2.88. The highest BCUT2D eigenvalue weighted by atomic mass is 16.2. The molecule has 0 saturated carbocycles. The molecule has 1 unspecified atom stereocenters. The zero-order chi connectivity index (χ0) is 14.5. The highest BCUT2D eigenvalue weighted by molar-refractivity contribution is 5.76. The molecular formula is C16H27N3O. The van der Waals surface area contributed by atoms with Crippen molar-refractivity contribution in [3.8, 4) is 0 Å². The second-order valence-electron chi connectivity index (χ2n) is 6.07. The van der Waals surface area contributed by atoms with Crippen molar-refractivity contribution in [1.82, 2.24) is 14.8 Å². The lowest BCUT2D eigenvalue weighted by molar-refractivity contribution is -0.132. The van der Waals surface area contributed by atoms with E-state index in [9.17, 15) is 4.79 Å². The number of hydrogen-bond acceptors (Lipinski definition) is 2. The second-order valence-corrected chi connectivity index (χ2v) is 6.07. The Labute approximate surface area is 122 Å². The summed E-state index contributed by atoms with van der Waals surface area (Å²) in [5.74, 6) is 0.783. The molecule has 1 aliphatic rings. The van der Waals surface area contributed by atoms with Crippen LogP contribution in [-0.4, -0.2) is 35.5 Å². The van der Waals surface area contributed by atoms with Gasteiger partial charge in [-0.3, -0.25) is 4.79 Å². The third-order valence-electron chi connectivity index (χ3n) is 4.14. The summed E-state index contributed by atoms with van der Waals surface area (Å²) in [5, 5.41) is 3.34. The maximum Gasteiger partial charge on any atom is 0.242 e. The van der Waals surface area contributed by atoms with E-state index in [1.807, 2.05) is 22.7 Å². The lowest BCUT2D eigenvalue weighted by atomic mass is 9.99. The minimum Gasteiger partial charge on any atom is -0.345 e. The molecule has 4 nitrogen and oxygen atoms in total. The molecule has 1 N–H and O–H groups in total. The first-order chi connectivity index (χ1) is 9.61. The van der Waals surface area contributed by atoms with Crippen LogP contribution in [0.15, 0.2) is 18.5 Å². The van der Waals surface area contributed by atoms with E-state index in [0.29, 0.717) is 18.5 Å². The number of carbonyl (C=O) groups is 1. The van der Waals surface area contributed by atoms with E-state index in [0.717, 1.165) is 25.9 Å². The van der Waals surface area contributed by atoms with E-state index in [1.54, 1.807) is 0 Å². The Balaban J connectivity index is 1.96. The molecule has 2 heterocycles. The molecule has 0 aromatic carbocycles. The van der Waals surface area contributed by atoms with Crippen LogP contribution in [0.1, 0.15) is 44.7 Å². The fraction of sp³-hybridized carbons (Fsp3) is 0.688. The van der Waals surface area contributed by atoms with Gasteiger partial charge in [0.2, 0.25) is 5.91 Å². The van der Waals surface area contributed by atoms with Gasteiger partial charge in [-0.2, -0.15) is 0 Å². The van der Waals surface area contributed by atoms with Crippen molar-refractivity contribution >= 4 is 5.91 Å². The highest BCUT2D eigenvalue weighted by Crippen LogP contribution is 2.21. The van der Waals surface area contributed by atoms with Gasteiger partial charge in [0.1, 0.15) is 6.54 Å². The van der Waals surface area contributed by atoms with Crippen molar-refractivity contribution in [2.24, 2.45) is 5.92 Å². The number of amides is 1. The van der Waals surface area contributed by atoms with E-state index in [2.05, 4.69) is 31.4 Å². The fourth-order valence-electron chi connectivity index (χ4n) is 3.03. The number of piperidine rings is 1. The molecule has 2 rings (SSSR count). The van der Waals surface area contributed by atoms with Crippen molar-refractivity contribution in [2.45, 2.75) is 45.7 Å². The van der Waals surface area contributed by atoms with Gasteiger partial charge in [0.15, 0.2) is 0 Å². The first kappa shape index (κ1) is 15.1. The van der Waals surface area contributed by atoms with Gasteiger partial charge in [-0.15, -0.1) is 0 Å². The minimum absolute atomic E-state index is 0.248. The Morgan fingerprint density at radius 3 is 2.60 bits per heavy atom. The van der Waals surface area contributed by atoms with Gasteiger partial charge < -0.3 is 14.8 Å². The summed E-state index contributed by atoms with van der Waals surface area (Å²) in [4.78, 5) is 14.2. The SMILES string of the molecule is CNC(c1ccn(CC(=O)N2CCCCC2)c1)C(C)C. The van der Waals surface area contributed by atoms with Crippen LogP contribution < -0.4 is 5.32 Å². The van der Waals surface area contributed by atoms with Crippen LogP contribution in [0, 0.1) is 5.92 Å². The van der Waals surface area contributed by atoms with Crippen molar-refractivity contribution in [2.75, 3.05) is 20.1 Å². The van der Waals surface area contributed by atoms with E-state index < -0.39 is 0 Å². The number of rotatable bonds is 5. The molecule has 1 aliphatic heterocycles. The van der Waals surface area contributed by atoms with Gasteiger partial charge in [-0.05, 0) is 43.9 Å². The Morgan fingerprint density at radius 1 is 1.30 bits per heavy atom. The fourth-order valence-corrected chi connectivity index (χ4v) is 3.03. The van der Waals surface area contributed by atoms with Crippen molar-refractivity contribution in [3.05, 3.63) is 24.0 Å². The topological polar surface area (TPSA) is 37.3 Å². The van der Waals surface area contributed by atoms with Gasteiger partial charge in [0.05, 0.1) is 0 Å². The summed E-state index contributed by atoms with van der Waals surface area (Å²) in [6, 6.07) is 2.46. The average molecular weight is 277 g/mol. The highest BCUT2D eigenvalue weighted by Gasteiger charge is 2.18.